The summed E-state index contributed by atoms with van der Waals surface area (Å²) < 4.78 is 26.5. The molecule has 152 valence electrons. The van der Waals surface area contributed by atoms with Gasteiger partial charge in [-0.15, -0.1) is 0 Å². The van der Waals surface area contributed by atoms with Crippen LogP contribution >= 0.6 is 0 Å². The molecule has 7 heteroatoms. The monoisotopic (exact) mass is 411 g/mol. The third-order valence-corrected chi connectivity index (χ3v) is 6.24. The van der Waals surface area contributed by atoms with Crippen LogP contribution in [0.15, 0.2) is 67.0 Å². The second kappa shape index (κ2) is 9.52. The van der Waals surface area contributed by atoms with E-state index in [0.717, 1.165) is 17.0 Å². The van der Waals surface area contributed by atoms with Gasteiger partial charge in [0.05, 0.1) is 5.75 Å². The van der Waals surface area contributed by atoms with Gasteiger partial charge in [0.15, 0.2) is 9.84 Å². The number of aromatic nitrogens is 2. The zero-order chi connectivity index (χ0) is 20.7. The van der Waals surface area contributed by atoms with Gasteiger partial charge in [-0.3, -0.25) is 4.79 Å². The lowest BCUT2D eigenvalue weighted by atomic mass is 10.1. The van der Waals surface area contributed by atoms with Crippen LogP contribution in [0, 0.1) is 6.92 Å². The number of amides is 1. The van der Waals surface area contributed by atoms with Crippen molar-refractivity contribution in [2.24, 2.45) is 0 Å². The summed E-state index contributed by atoms with van der Waals surface area (Å²) in [7, 11) is -3.44. The zero-order valence-electron chi connectivity index (χ0n) is 16.4. The molecule has 0 aliphatic rings. The molecule has 0 saturated carbocycles. The predicted octanol–water partition coefficient (Wildman–Crippen LogP) is 3.23. The molecule has 1 amide bonds. The van der Waals surface area contributed by atoms with Crippen LogP contribution in [0.1, 0.15) is 23.4 Å². The first kappa shape index (κ1) is 20.8. The van der Waals surface area contributed by atoms with E-state index in [-0.39, 0.29) is 5.75 Å². The first-order chi connectivity index (χ1) is 13.9. The number of carbonyl (C=O) groups is 1. The average Bonchev–Trinajstić information content (AvgIpc) is 3.08. The standard InChI is InChI=1S/C22H25N3O3S/c1-18-23-13-14-25(18)16-20-9-11-21(12-10-20)24-22(26)17-29(27,28)15-5-8-19-6-3-2-4-7-19/h2-4,6-7,9-14H,5,8,15-17H2,1H3,(H,24,26). The van der Waals surface area contributed by atoms with Gasteiger partial charge in [0.2, 0.25) is 5.91 Å². The molecule has 0 fully saturated rings. The largest absolute Gasteiger partial charge is 0.331 e. The SMILES string of the molecule is Cc1nccn1Cc1ccc(NC(=O)CS(=O)(=O)CCCc2ccccc2)cc1. The van der Waals surface area contributed by atoms with Crippen molar-refractivity contribution in [3.8, 4) is 0 Å². The van der Waals surface area contributed by atoms with Gasteiger partial charge in [-0.1, -0.05) is 42.5 Å². The normalized spacial score (nSPS) is 11.3. The van der Waals surface area contributed by atoms with E-state index in [1.807, 2.05) is 60.2 Å². The molecule has 0 aliphatic carbocycles. The van der Waals surface area contributed by atoms with Gasteiger partial charge in [0.1, 0.15) is 11.6 Å². The predicted molar refractivity (Wildman–Crippen MR) is 115 cm³/mol. The number of carbonyl (C=O) groups excluding carboxylic acids is 1. The van der Waals surface area contributed by atoms with Crippen LogP contribution < -0.4 is 5.32 Å². The number of rotatable bonds is 9. The molecule has 1 heterocycles. The highest BCUT2D eigenvalue weighted by atomic mass is 32.2. The van der Waals surface area contributed by atoms with Crippen LogP contribution in [0.3, 0.4) is 0 Å². The molecule has 29 heavy (non-hydrogen) atoms. The van der Waals surface area contributed by atoms with E-state index < -0.39 is 21.5 Å². The number of nitrogens with zero attached hydrogens (tertiary/aromatic N) is 2. The first-order valence-corrected chi connectivity index (χ1v) is 11.3. The molecule has 0 bridgehead atoms. The minimum absolute atomic E-state index is 0.00148. The van der Waals surface area contributed by atoms with Gasteiger partial charge in [-0.25, -0.2) is 13.4 Å². The minimum Gasteiger partial charge on any atom is -0.331 e. The Morgan fingerprint density at radius 1 is 1.03 bits per heavy atom. The van der Waals surface area contributed by atoms with Gasteiger partial charge in [-0.05, 0) is 43.0 Å². The smallest absolute Gasteiger partial charge is 0.239 e. The van der Waals surface area contributed by atoms with E-state index in [1.165, 1.54) is 0 Å². The van der Waals surface area contributed by atoms with E-state index in [9.17, 15) is 13.2 Å². The van der Waals surface area contributed by atoms with Crippen molar-refractivity contribution in [2.45, 2.75) is 26.3 Å². The maximum absolute atomic E-state index is 12.2. The van der Waals surface area contributed by atoms with Gasteiger partial charge >= 0.3 is 0 Å². The van der Waals surface area contributed by atoms with Gasteiger partial charge < -0.3 is 9.88 Å². The molecule has 0 aliphatic heterocycles. The van der Waals surface area contributed by atoms with Crippen LogP contribution in [0.4, 0.5) is 5.69 Å². The fourth-order valence-corrected chi connectivity index (χ4v) is 4.27. The molecular weight excluding hydrogens is 386 g/mol. The number of hydrogen-bond acceptors (Lipinski definition) is 4. The summed E-state index contributed by atoms with van der Waals surface area (Å²) in [5, 5.41) is 2.67. The van der Waals surface area contributed by atoms with Crippen LogP contribution in [0.25, 0.3) is 0 Å². The van der Waals surface area contributed by atoms with Crippen molar-refractivity contribution in [1.29, 1.82) is 0 Å². The quantitative estimate of drug-likeness (QED) is 0.586. The van der Waals surface area contributed by atoms with E-state index in [0.29, 0.717) is 25.1 Å². The lowest BCUT2D eigenvalue weighted by Crippen LogP contribution is -2.25. The molecule has 0 spiro atoms. The van der Waals surface area contributed by atoms with Crippen LogP contribution in [0.5, 0.6) is 0 Å². The number of anilines is 1. The van der Waals surface area contributed by atoms with Crippen LogP contribution in [-0.2, 0) is 27.6 Å². The summed E-state index contributed by atoms with van der Waals surface area (Å²) in [6, 6.07) is 17.1. The Morgan fingerprint density at radius 3 is 2.41 bits per heavy atom. The van der Waals surface area contributed by atoms with Crippen molar-refractivity contribution in [3.05, 3.63) is 83.9 Å². The molecule has 0 radical (unpaired) electrons. The summed E-state index contributed by atoms with van der Waals surface area (Å²) in [5.41, 5.74) is 2.75. The van der Waals surface area contributed by atoms with Crippen LogP contribution in [0.2, 0.25) is 0 Å². The Morgan fingerprint density at radius 2 is 1.76 bits per heavy atom. The minimum atomic E-state index is -3.44. The van der Waals surface area contributed by atoms with Crippen molar-refractivity contribution in [3.63, 3.8) is 0 Å². The van der Waals surface area contributed by atoms with Crippen LogP contribution in [-0.4, -0.2) is 35.4 Å². The number of sulfone groups is 1. The van der Waals surface area contributed by atoms with E-state index in [4.69, 9.17) is 0 Å². The van der Waals surface area contributed by atoms with Gasteiger partial charge in [0.25, 0.3) is 0 Å². The molecule has 3 aromatic rings. The highest BCUT2D eigenvalue weighted by molar-refractivity contribution is 7.92. The maximum atomic E-state index is 12.2. The zero-order valence-corrected chi connectivity index (χ0v) is 17.2. The van der Waals surface area contributed by atoms with Crippen molar-refractivity contribution < 1.29 is 13.2 Å². The molecule has 2 aromatic carbocycles. The fraction of sp³-hybridized carbons (Fsp3) is 0.273. The number of hydrogen-bond donors (Lipinski definition) is 1. The first-order valence-electron chi connectivity index (χ1n) is 9.52. The average molecular weight is 412 g/mol. The van der Waals surface area contributed by atoms with E-state index in [1.54, 1.807) is 18.3 Å². The highest BCUT2D eigenvalue weighted by Gasteiger charge is 2.16. The Kier molecular flexibility index (Phi) is 6.82. The Bertz CT molecular complexity index is 1040. The van der Waals surface area contributed by atoms with Gasteiger partial charge in [-0.2, -0.15) is 0 Å². The maximum Gasteiger partial charge on any atom is 0.239 e. The van der Waals surface area contributed by atoms with Crippen molar-refractivity contribution in [1.82, 2.24) is 9.55 Å². The molecule has 1 aromatic heterocycles. The lowest BCUT2D eigenvalue weighted by Gasteiger charge is -2.09. The molecular formula is C22H25N3O3S. The summed E-state index contributed by atoms with van der Waals surface area (Å²) >= 11 is 0. The van der Waals surface area contributed by atoms with Crippen molar-refractivity contribution >= 4 is 21.4 Å². The van der Waals surface area contributed by atoms with Gasteiger partial charge in [0, 0.05) is 24.6 Å². The number of imidazole rings is 1. The number of benzene rings is 2. The number of aryl methyl sites for hydroxylation is 2. The summed E-state index contributed by atoms with van der Waals surface area (Å²) in [6.45, 7) is 2.63. The molecule has 0 saturated heterocycles. The summed E-state index contributed by atoms with van der Waals surface area (Å²) in [5.74, 6) is -0.0845. The molecule has 6 nitrogen and oxygen atoms in total. The molecule has 0 atom stereocenters. The Labute approximate surface area is 171 Å². The van der Waals surface area contributed by atoms with Crippen molar-refractivity contribution in [2.75, 3.05) is 16.8 Å². The second-order valence-electron chi connectivity index (χ2n) is 7.03. The molecule has 3 rings (SSSR count). The third-order valence-electron chi connectivity index (χ3n) is 4.63. The molecule has 0 unspecified atom stereocenters. The number of nitrogens with one attached hydrogen (secondary N) is 1. The highest BCUT2D eigenvalue weighted by Crippen LogP contribution is 2.12. The lowest BCUT2D eigenvalue weighted by molar-refractivity contribution is -0.113. The Balaban J connectivity index is 1.47. The van der Waals surface area contributed by atoms with E-state index >= 15 is 0 Å². The third kappa shape index (κ3) is 6.57. The summed E-state index contributed by atoms with van der Waals surface area (Å²) in [4.78, 5) is 16.3. The molecule has 1 N–H and O–H groups in total. The topological polar surface area (TPSA) is 81.1 Å². The fourth-order valence-electron chi connectivity index (χ4n) is 3.07. The Hall–Kier alpha value is -2.93. The second-order valence-corrected chi connectivity index (χ2v) is 9.21. The summed E-state index contributed by atoms with van der Waals surface area (Å²) in [6.07, 6.45) is 4.85. The van der Waals surface area contributed by atoms with E-state index in [2.05, 4.69) is 10.3 Å².